The van der Waals surface area contributed by atoms with Gasteiger partial charge in [0.2, 0.25) is 0 Å². The second-order valence-electron chi connectivity index (χ2n) is 22.0. The molecule has 0 amide bonds. The second kappa shape index (κ2) is 24.6. The molecule has 6 aromatic carbocycles. The van der Waals surface area contributed by atoms with Crippen LogP contribution in [0.1, 0.15) is 123 Å². The summed E-state index contributed by atoms with van der Waals surface area (Å²) in [6.07, 6.45) is 5.92. The Morgan fingerprint density at radius 3 is 1.04 bits per heavy atom. The van der Waals surface area contributed by atoms with E-state index in [-0.39, 0.29) is 40.7 Å². The average Bonchev–Trinajstić information content (AvgIpc) is 4.10. The molecule has 0 aromatic heterocycles. The minimum Gasteiger partial charge on any atom is -0.405 e. The minimum atomic E-state index is -0.476. The molecule has 4 aliphatic rings. The lowest BCUT2D eigenvalue weighted by atomic mass is 9.49. The van der Waals surface area contributed by atoms with Gasteiger partial charge in [-0.05, 0) is 170 Å². The molecule has 0 radical (unpaired) electrons. The Bertz CT molecular complexity index is 2580. The quantitative estimate of drug-likeness (QED) is 0.148. The van der Waals surface area contributed by atoms with E-state index in [0.29, 0.717) is 6.10 Å². The number of methoxy groups -OCH3 is 1. The molecule has 0 N–H and O–H groups in total. The van der Waals surface area contributed by atoms with Gasteiger partial charge in [-0.3, -0.25) is 0 Å². The van der Waals surface area contributed by atoms with Gasteiger partial charge in [-0.25, -0.2) is 0 Å². The molecule has 10 rings (SSSR count). The van der Waals surface area contributed by atoms with Crippen molar-refractivity contribution in [3.8, 4) is 44.5 Å². The van der Waals surface area contributed by atoms with Crippen molar-refractivity contribution in [1.29, 1.82) is 0 Å². The maximum atomic E-state index is 6.21. The van der Waals surface area contributed by atoms with Crippen LogP contribution in [0.5, 0.6) is 0 Å². The Kier molecular flexibility index (Phi) is 19.5. The highest BCUT2D eigenvalue weighted by Gasteiger charge is 2.63. The van der Waals surface area contributed by atoms with Crippen molar-refractivity contribution in [2.45, 2.75) is 162 Å². The van der Waals surface area contributed by atoms with E-state index in [1.54, 1.807) is 7.11 Å². The first-order valence-corrected chi connectivity index (χ1v) is 27.1. The van der Waals surface area contributed by atoms with Gasteiger partial charge in [0, 0.05) is 11.6 Å². The number of benzene rings is 6. The van der Waals surface area contributed by atoms with E-state index in [4.69, 9.17) is 32.7 Å². The van der Waals surface area contributed by atoms with Crippen LogP contribution in [-0.2, 0) is 32.7 Å². The van der Waals surface area contributed by atoms with Gasteiger partial charge < -0.3 is 32.7 Å². The number of halogens is 1. The minimum absolute atomic E-state index is 0.332. The van der Waals surface area contributed by atoms with Crippen molar-refractivity contribution in [2.75, 3.05) is 7.11 Å². The summed E-state index contributed by atoms with van der Waals surface area (Å²) in [6, 6.07) is 55.1. The first-order valence-electron chi connectivity index (χ1n) is 26.3. The van der Waals surface area contributed by atoms with Gasteiger partial charge >= 0.3 is 21.1 Å². The van der Waals surface area contributed by atoms with Crippen molar-refractivity contribution in [1.82, 2.24) is 0 Å². The van der Waals surface area contributed by atoms with Crippen LogP contribution >= 0.6 is 15.9 Å². The third kappa shape index (κ3) is 14.6. The maximum Gasteiger partial charge on any atom is 0.494 e. The van der Waals surface area contributed by atoms with E-state index >= 15 is 0 Å². The lowest BCUT2D eigenvalue weighted by Crippen LogP contribution is -2.41. The number of hydrogen-bond donors (Lipinski definition) is 0. The van der Waals surface area contributed by atoms with E-state index in [1.807, 2.05) is 87.4 Å². The van der Waals surface area contributed by atoms with E-state index in [2.05, 4.69) is 183 Å². The number of rotatable bonds is 7. The van der Waals surface area contributed by atoms with Crippen molar-refractivity contribution >= 4 is 42.5 Å². The number of ether oxygens (including phenoxy) is 1. The Labute approximate surface area is 449 Å². The summed E-state index contributed by atoms with van der Waals surface area (Å²) in [6.45, 7) is 28.5. The molecule has 3 saturated heterocycles. The first kappa shape index (κ1) is 58.0. The van der Waals surface area contributed by atoms with Gasteiger partial charge in [0.15, 0.2) is 0 Å². The second-order valence-corrected chi connectivity index (χ2v) is 22.9. The molecule has 1 saturated carbocycles. The van der Waals surface area contributed by atoms with Crippen LogP contribution in [0.15, 0.2) is 162 Å². The summed E-state index contributed by atoms with van der Waals surface area (Å²) < 4.78 is 42.5. The Hall–Kier alpha value is -4.29. The Morgan fingerprint density at radius 1 is 0.384 bits per heavy atom. The predicted molar refractivity (Wildman–Crippen MR) is 311 cm³/mol. The normalized spacial score (nSPS) is 19.5. The van der Waals surface area contributed by atoms with E-state index < -0.39 is 14.0 Å². The molecule has 0 spiro atoms. The lowest BCUT2D eigenvalue weighted by Gasteiger charge is -2.32. The van der Waals surface area contributed by atoms with Crippen molar-refractivity contribution < 1.29 is 32.7 Å². The lowest BCUT2D eigenvalue weighted by molar-refractivity contribution is 0.00578. The molecule has 7 nitrogen and oxygen atoms in total. The third-order valence-corrected chi connectivity index (χ3v) is 15.7. The largest absolute Gasteiger partial charge is 0.494 e. The smallest absolute Gasteiger partial charge is 0.405 e. The molecule has 6 aromatic rings. The van der Waals surface area contributed by atoms with Gasteiger partial charge in [0.1, 0.15) is 0 Å². The summed E-state index contributed by atoms with van der Waals surface area (Å²) in [5.74, 6) is 0. The summed E-state index contributed by atoms with van der Waals surface area (Å²) in [5.41, 5.74) is 8.71. The summed E-state index contributed by atoms with van der Waals surface area (Å²) >= 11 is 3.52. The van der Waals surface area contributed by atoms with Gasteiger partial charge in [-0.15, -0.1) is 0 Å². The predicted octanol–water partition coefficient (Wildman–Crippen LogP) is 16.0. The first-order chi connectivity index (χ1) is 34.5. The van der Waals surface area contributed by atoms with E-state index in [9.17, 15) is 0 Å². The highest BCUT2D eigenvalue weighted by atomic mass is 79.9. The van der Waals surface area contributed by atoms with Gasteiger partial charge in [0.05, 0.1) is 39.7 Å². The summed E-state index contributed by atoms with van der Waals surface area (Å²) in [7, 11) is 0.509. The molecular weight excluding hydrogens is 969 g/mol. The highest BCUT2D eigenvalue weighted by molar-refractivity contribution is 9.10. The number of hydrogen-bond acceptors (Lipinski definition) is 7. The standard InChI is InChI=1S/C24H25BO2.C18H13Br.C12H24B2O4.C6H12O.C2H6/c1-23(2)24(3,4)27-25(26-23)22-15-9-14-21(17-22)20-13-8-12-19(16-20)18-10-6-5-7-11-18;19-18-11-5-10-17(13-18)16-9-4-8-15(12-16)14-6-2-1-3-7-14;1-9(2)10(3,4)16-13(15-9)14-17-11(5,6)12(7,8)18-14;1-7-6-4-2-3-5-6;1-2/h5-17H,1-4H3;1-13H;1-8H3;6H,2-5H2,1H3;1-2H3. The van der Waals surface area contributed by atoms with Gasteiger partial charge in [0.25, 0.3) is 0 Å². The molecule has 0 bridgehead atoms. The van der Waals surface area contributed by atoms with Crippen LogP contribution < -0.4 is 5.46 Å². The Balaban J connectivity index is 0.000000168. The van der Waals surface area contributed by atoms with Crippen molar-refractivity contribution in [2.24, 2.45) is 0 Å². The van der Waals surface area contributed by atoms with Crippen LogP contribution in [0.2, 0.25) is 0 Å². The molecule has 11 heteroatoms. The molecule has 1 aliphatic carbocycles. The molecule has 0 atom stereocenters. The highest BCUT2D eigenvalue weighted by Crippen LogP contribution is 2.43. The zero-order valence-electron chi connectivity index (χ0n) is 46.4. The molecule has 73 heavy (non-hydrogen) atoms. The van der Waals surface area contributed by atoms with E-state index in [0.717, 1.165) is 9.94 Å². The zero-order valence-corrected chi connectivity index (χ0v) is 48.0. The molecule has 3 aliphatic heterocycles. The molecule has 386 valence electrons. The monoisotopic (exact) mass is 1050 g/mol. The Morgan fingerprint density at radius 2 is 0.685 bits per heavy atom. The van der Waals surface area contributed by atoms with Crippen LogP contribution in [-0.4, -0.2) is 68.0 Å². The molecule has 3 heterocycles. The summed E-state index contributed by atoms with van der Waals surface area (Å²) in [4.78, 5) is 0. The average molecular weight is 1050 g/mol. The summed E-state index contributed by atoms with van der Waals surface area (Å²) in [5, 5.41) is 0. The fraction of sp³-hybridized carbons (Fsp3) is 0.419. The third-order valence-electron chi connectivity index (χ3n) is 15.2. The van der Waals surface area contributed by atoms with Crippen LogP contribution in [0.4, 0.5) is 0 Å². The van der Waals surface area contributed by atoms with Gasteiger partial charge in [-0.2, -0.15) is 0 Å². The van der Waals surface area contributed by atoms with Crippen LogP contribution in [0, 0.1) is 0 Å². The van der Waals surface area contributed by atoms with Crippen LogP contribution in [0.25, 0.3) is 44.5 Å². The van der Waals surface area contributed by atoms with E-state index in [1.165, 1.54) is 70.2 Å². The van der Waals surface area contributed by atoms with Crippen LogP contribution in [0.3, 0.4) is 0 Å². The molecule has 0 unspecified atom stereocenters. The van der Waals surface area contributed by atoms with Gasteiger partial charge in [-0.1, -0.05) is 176 Å². The molecule has 4 fully saturated rings. The fourth-order valence-electron chi connectivity index (χ4n) is 8.65. The fourth-order valence-corrected chi connectivity index (χ4v) is 9.05. The van der Waals surface area contributed by atoms with Crippen molar-refractivity contribution in [3.05, 3.63) is 162 Å². The topological polar surface area (TPSA) is 64.6 Å². The SMILES string of the molecule is Brc1cccc(-c2cccc(-c3ccccc3)c2)c1.CC.CC1(C)OB(B2OC(C)(C)C(C)(C)O2)OC1(C)C.CC1(C)OB(c2cccc(-c3cccc(-c4ccccc4)c3)c2)OC1(C)C.COC1CCCC1. The molecular formula is C62H80B3BrO7. The van der Waals surface area contributed by atoms with Crippen molar-refractivity contribution in [3.63, 3.8) is 0 Å². The maximum absolute atomic E-state index is 6.21. The zero-order chi connectivity index (χ0) is 53.2.